The number of ether oxygens (including phenoxy) is 1. The Labute approximate surface area is 134 Å². The lowest BCUT2D eigenvalue weighted by atomic mass is 10.1. The van der Waals surface area contributed by atoms with Gasteiger partial charge in [0, 0.05) is 12.3 Å². The van der Waals surface area contributed by atoms with Gasteiger partial charge in [0.15, 0.2) is 0 Å². The normalized spacial score (nSPS) is 25.0. The van der Waals surface area contributed by atoms with Crippen LogP contribution in [-0.2, 0) is 18.6 Å². The van der Waals surface area contributed by atoms with E-state index in [0.717, 1.165) is 12.8 Å². The number of hydrogen-bond donors (Lipinski definition) is 1. The van der Waals surface area contributed by atoms with Crippen LogP contribution in [0.2, 0.25) is 0 Å². The molecule has 5 nitrogen and oxygen atoms in total. The Morgan fingerprint density at radius 1 is 1.32 bits per heavy atom. The molecule has 1 fully saturated rings. The minimum absolute atomic E-state index is 0.222. The Morgan fingerprint density at radius 2 is 1.95 bits per heavy atom. The van der Waals surface area contributed by atoms with Crippen LogP contribution in [0.25, 0.3) is 0 Å². The van der Waals surface area contributed by atoms with E-state index < -0.39 is 25.0 Å². The van der Waals surface area contributed by atoms with Gasteiger partial charge in [0.2, 0.25) is 7.37 Å². The Bertz CT molecular complexity index is 456. The molecule has 1 aliphatic rings. The van der Waals surface area contributed by atoms with E-state index >= 15 is 0 Å². The Kier molecular flexibility index (Phi) is 6.82. The van der Waals surface area contributed by atoms with Crippen LogP contribution in [0.15, 0.2) is 0 Å². The molecule has 0 aliphatic heterocycles. The second-order valence-electron chi connectivity index (χ2n) is 6.92. The molecule has 0 saturated heterocycles. The highest BCUT2D eigenvalue weighted by molar-refractivity contribution is 7.58. The van der Waals surface area contributed by atoms with Crippen molar-refractivity contribution in [2.24, 2.45) is 5.92 Å². The molecule has 0 amide bonds. The Hall–Kier alpha value is -0.670. The van der Waals surface area contributed by atoms with Crippen LogP contribution in [0.5, 0.6) is 0 Å². The lowest BCUT2D eigenvalue weighted by molar-refractivity contribution is -0.157. The van der Waals surface area contributed by atoms with E-state index in [1.54, 1.807) is 0 Å². The zero-order valence-corrected chi connectivity index (χ0v) is 15.4. The average Bonchev–Trinajstić information content (AvgIpc) is 2.76. The van der Waals surface area contributed by atoms with Crippen molar-refractivity contribution in [3.05, 3.63) is 0 Å². The molecule has 0 aromatic rings. The molecule has 128 valence electrons. The topological polar surface area (TPSA) is 76.5 Å². The highest BCUT2D eigenvalue weighted by Crippen LogP contribution is 2.50. The number of esters is 1. The third-order valence-corrected chi connectivity index (χ3v) is 6.38. The van der Waals surface area contributed by atoms with Crippen molar-refractivity contribution < 1.29 is 18.6 Å². The van der Waals surface area contributed by atoms with Crippen LogP contribution in [0.4, 0.5) is 0 Å². The summed E-state index contributed by atoms with van der Waals surface area (Å²) in [7, 11) is -2.69. The molecule has 22 heavy (non-hydrogen) atoms. The van der Waals surface area contributed by atoms with Crippen molar-refractivity contribution in [3.63, 3.8) is 0 Å². The van der Waals surface area contributed by atoms with Crippen LogP contribution in [0.3, 0.4) is 0 Å². The first-order valence-electron chi connectivity index (χ1n) is 8.19. The summed E-state index contributed by atoms with van der Waals surface area (Å²) in [6.45, 7) is 9.35. The first-order chi connectivity index (χ1) is 10.1. The van der Waals surface area contributed by atoms with Crippen LogP contribution in [-0.4, -0.2) is 35.7 Å². The number of hydrogen-bond acceptors (Lipinski definition) is 5. The maximum Gasteiger partial charge on any atom is 0.315 e. The van der Waals surface area contributed by atoms with Gasteiger partial charge in [-0.15, -0.1) is 0 Å². The average molecular weight is 331 g/mol. The van der Waals surface area contributed by atoms with Crippen molar-refractivity contribution in [2.75, 3.05) is 12.3 Å². The molecule has 1 aliphatic carbocycles. The smallest absolute Gasteiger partial charge is 0.315 e. The van der Waals surface area contributed by atoms with E-state index in [1.165, 1.54) is 0 Å². The number of rotatable bonds is 7. The van der Waals surface area contributed by atoms with Crippen molar-refractivity contribution in [2.45, 2.75) is 72.0 Å². The van der Waals surface area contributed by atoms with Gasteiger partial charge in [-0.25, -0.2) is 0 Å². The second kappa shape index (κ2) is 7.74. The molecule has 1 N–H and O–H groups in total. The fourth-order valence-corrected chi connectivity index (χ4v) is 4.55. The summed E-state index contributed by atoms with van der Waals surface area (Å²) in [5, 5.41) is 8.19. The zero-order chi connectivity index (χ0) is 17.0. The van der Waals surface area contributed by atoms with Crippen LogP contribution >= 0.6 is 7.37 Å². The molecule has 0 aromatic heterocycles. The first kappa shape index (κ1) is 19.4. The molecular weight excluding hydrogens is 301 g/mol. The summed E-state index contributed by atoms with van der Waals surface area (Å²) >= 11 is 0. The van der Waals surface area contributed by atoms with Gasteiger partial charge in [0.05, 0.1) is 11.6 Å². The summed E-state index contributed by atoms with van der Waals surface area (Å²) in [5.74, 6) is -0.927. The number of nitrogens with one attached hydrogen (secondary N) is 1. The molecule has 1 rings (SSSR count). The van der Waals surface area contributed by atoms with Gasteiger partial charge in [-0.05, 0) is 40.0 Å². The summed E-state index contributed by atoms with van der Waals surface area (Å²) in [4.78, 5) is 12.1. The third-order valence-electron chi connectivity index (χ3n) is 3.78. The van der Waals surface area contributed by atoms with E-state index in [2.05, 4.69) is 6.92 Å². The maximum absolute atomic E-state index is 12.7. The van der Waals surface area contributed by atoms with Gasteiger partial charge in [0.1, 0.15) is 11.7 Å². The highest BCUT2D eigenvalue weighted by atomic mass is 31.2. The summed E-state index contributed by atoms with van der Waals surface area (Å²) in [6, 6.07) is 0. The van der Waals surface area contributed by atoms with E-state index in [4.69, 9.17) is 14.7 Å². The Morgan fingerprint density at radius 3 is 2.45 bits per heavy atom. The molecule has 3 unspecified atom stereocenters. The van der Waals surface area contributed by atoms with E-state index in [0.29, 0.717) is 25.2 Å². The van der Waals surface area contributed by atoms with Gasteiger partial charge in [-0.3, -0.25) is 9.36 Å². The van der Waals surface area contributed by atoms with Crippen molar-refractivity contribution in [1.29, 1.82) is 5.41 Å². The predicted molar refractivity (Wildman–Crippen MR) is 89.1 cm³/mol. The number of unbranched alkanes of at least 4 members (excludes halogenated alkanes) is 1. The number of carbonyl (C=O) groups is 1. The van der Waals surface area contributed by atoms with Crippen molar-refractivity contribution >= 4 is 19.0 Å². The molecule has 0 aromatic carbocycles. The maximum atomic E-state index is 12.7. The molecule has 3 atom stereocenters. The minimum Gasteiger partial charge on any atom is -0.459 e. The van der Waals surface area contributed by atoms with Gasteiger partial charge >= 0.3 is 5.97 Å². The minimum atomic E-state index is -2.69. The number of carbonyl (C=O) groups excluding carboxylic acids is 1. The highest BCUT2D eigenvalue weighted by Gasteiger charge is 2.41. The quantitative estimate of drug-likeness (QED) is 0.559. The van der Waals surface area contributed by atoms with Gasteiger partial charge < -0.3 is 14.7 Å². The lowest BCUT2D eigenvalue weighted by Gasteiger charge is -2.24. The van der Waals surface area contributed by atoms with Crippen molar-refractivity contribution in [3.8, 4) is 0 Å². The summed E-state index contributed by atoms with van der Waals surface area (Å²) in [6.07, 6.45) is 3.47. The van der Waals surface area contributed by atoms with Crippen LogP contribution < -0.4 is 0 Å². The van der Waals surface area contributed by atoms with Gasteiger partial charge in [0.25, 0.3) is 0 Å². The fraction of sp³-hybridized carbons (Fsp3) is 0.875. The molecule has 0 radical (unpaired) electrons. The third kappa shape index (κ3) is 5.51. The van der Waals surface area contributed by atoms with E-state index in [9.17, 15) is 9.36 Å². The summed E-state index contributed by atoms with van der Waals surface area (Å²) in [5.41, 5.74) is -0.338. The standard InChI is InChI=1S/C16H30NO4P/c1-6-8-11-22(19,7-2)21-13-10-9-12(14(13)17)15(18)20-16(3,4)5/h12-13,17H,6-11H2,1-5H3. The predicted octanol–water partition coefficient (Wildman–Crippen LogP) is 4.24. The van der Waals surface area contributed by atoms with Gasteiger partial charge in [-0.2, -0.15) is 0 Å². The molecule has 0 heterocycles. The second-order valence-corrected chi connectivity index (χ2v) is 9.84. The summed E-state index contributed by atoms with van der Waals surface area (Å²) < 4.78 is 23.9. The first-order valence-corrected chi connectivity index (χ1v) is 10.2. The Balaban J connectivity index is 2.67. The molecule has 6 heteroatoms. The van der Waals surface area contributed by atoms with Gasteiger partial charge in [-0.1, -0.05) is 20.3 Å². The van der Waals surface area contributed by atoms with E-state index in [1.807, 2.05) is 27.7 Å². The lowest BCUT2D eigenvalue weighted by Crippen LogP contribution is -2.32. The zero-order valence-electron chi connectivity index (χ0n) is 14.5. The van der Waals surface area contributed by atoms with Crippen LogP contribution in [0.1, 0.15) is 60.3 Å². The van der Waals surface area contributed by atoms with E-state index in [-0.39, 0.29) is 11.7 Å². The molecule has 1 saturated carbocycles. The largest absolute Gasteiger partial charge is 0.459 e. The van der Waals surface area contributed by atoms with Crippen molar-refractivity contribution in [1.82, 2.24) is 0 Å². The van der Waals surface area contributed by atoms with Crippen LogP contribution in [0, 0.1) is 11.3 Å². The SMILES string of the molecule is CCCCP(=O)(CC)OC1CCC(C(=O)OC(C)(C)C)C1=N. The fourth-order valence-electron chi connectivity index (χ4n) is 2.50. The molecule has 0 spiro atoms. The monoisotopic (exact) mass is 331 g/mol. The molecular formula is C16H30NO4P. The molecule has 0 bridgehead atoms.